The summed E-state index contributed by atoms with van der Waals surface area (Å²) in [5, 5.41) is 0.483. The number of aryl methyl sites for hydroxylation is 1. The van der Waals surface area contributed by atoms with Crippen molar-refractivity contribution in [1.29, 1.82) is 0 Å². The van der Waals surface area contributed by atoms with E-state index in [9.17, 15) is 18.0 Å². The van der Waals surface area contributed by atoms with E-state index in [2.05, 4.69) is 4.98 Å². The van der Waals surface area contributed by atoms with Gasteiger partial charge in [-0.2, -0.15) is 0 Å². The third kappa shape index (κ3) is 4.90. The Morgan fingerprint density at radius 3 is 2.52 bits per heavy atom. The van der Waals surface area contributed by atoms with E-state index in [0.29, 0.717) is 10.6 Å². The molecule has 0 amide bonds. The third-order valence-electron chi connectivity index (χ3n) is 4.89. The van der Waals surface area contributed by atoms with Crippen molar-refractivity contribution in [1.82, 2.24) is 4.98 Å². The lowest BCUT2D eigenvalue weighted by molar-refractivity contribution is -0.117. The topological polar surface area (TPSA) is 81.2 Å². The molecule has 1 fully saturated rings. The van der Waals surface area contributed by atoms with Crippen LogP contribution in [0.3, 0.4) is 0 Å². The lowest BCUT2D eigenvalue weighted by Gasteiger charge is -2.13. The molecule has 1 heterocycles. The van der Waals surface area contributed by atoms with Crippen molar-refractivity contribution >= 4 is 32.7 Å². The standard InChI is InChI=1S/C20H23NO4S2/c1-13-7-8-15(17(9-13)20(23)14-5-3-4-6-14)10-16(22)11-18-21-12-19(26-18)27(2,24)25/h7-9,12,14H,3-6,10-11H2,1-2H3. The first kappa shape index (κ1) is 19.9. The molecule has 7 heteroatoms. The zero-order chi connectivity index (χ0) is 19.6. The summed E-state index contributed by atoms with van der Waals surface area (Å²) in [4.78, 5) is 29.5. The maximum atomic E-state index is 12.9. The molecule has 1 aliphatic rings. The van der Waals surface area contributed by atoms with Crippen LogP contribution in [0, 0.1) is 12.8 Å². The van der Waals surface area contributed by atoms with Crippen molar-refractivity contribution in [2.75, 3.05) is 6.26 Å². The van der Waals surface area contributed by atoms with E-state index < -0.39 is 9.84 Å². The van der Waals surface area contributed by atoms with Gasteiger partial charge in [-0.25, -0.2) is 13.4 Å². The predicted molar refractivity (Wildman–Crippen MR) is 105 cm³/mol. The quantitative estimate of drug-likeness (QED) is 0.658. The van der Waals surface area contributed by atoms with Crippen molar-refractivity contribution in [3.63, 3.8) is 0 Å². The van der Waals surface area contributed by atoms with E-state index >= 15 is 0 Å². The Labute approximate surface area is 163 Å². The molecule has 1 aromatic carbocycles. The summed E-state index contributed by atoms with van der Waals surface area (Å²) in [5.74, 6) is 0.137. The maximum absolute atomic E-state index is 12.9. The molecule has 0 N–H and O–H groups in total. The monoisotopic (exact) mass is 405 g/mol. The number of aromatic nitrogens is 1. The second-order valence-electron chi connectivity index (χ2n) is 7.24. The molecule has 1 aliphatic carbocycles. The van der Waals surface area contributed by atoms with Crippen molar-refractivity contribution in [2.45, 2.75) is 49.7 Å². The molecule has 1 aromatic heterocycles. The van der Waals surface area contributed by atoms with Gasteiger partial charge in [0.1, 0.15) is 15.0 Å². The van der Waals surface area contributed by atoms with Crippen LogP contribution in [-0.4, -0.2) is 31.2 Å². The highest BCUT2D eigenvalue weighted by Gasteiger charge is 2.26. The van der Waals surface area contributed by atoms with Crippen LogP contribution in [-0.2, 0) is 27.5 Å². The fraction of sp³-hybridized carbons (Fsp3) is 0.450. The van der Waals surface area contributed by atoms with Gasteiger partial charge in [-0.3, -0.25) is 9.59 Å². The Bertz CT molecular complexity index is 970. The fourth-order valence-electron chi connectivity index (χ4n) is 3.47. The van der Waals surface area contributed by atoms with Gasteiger partial charge in [-0.1, -0.05) is 30.5 Å². The van der Waals surface area contributed by atoms with Crippen LogP contribution in [0.15, 0.2) is 28.6 Å². The molecule has 0 spiro atoms. The number of benzene rings is 1. The molecule has 3 rings (SSSR count). The molecule has 27 heavy (non-hydrogen) atoms. The van der Waals surface area contributed by atoms with Crippen molar-refractivity contribution in [3.8, 4) is 0 Å². The highest BCUT2D eigenvalue weighted by molar-refractivity contribution is 7.92. The molecule has 0 bridgehead atoms. The number of hydrogen-bond donors (Lipinski definition) is 0. The second-order valence-corrected chi connectivity index (χ2v) is 10.6. The van der Waals surface area contributed by atoms with Crippen LogP contribution in [0.4, 0.5) is 0 Å². The predicted octanol–water partition coefficient (Wildman–Crippen LogP) is 3.58. The fourth-order valence-corrected chi connectivity index (χ4v) is 5.29. The first-order chi connectivity index (χ1) is 12.7. The number of Topliss-reactive ketones (excluding diaryl/α,β-unsaturated/α-hetero) is 2. The molecule has 0 aliphatic heterocycles. The first-order valence-electron chi connectivity index (χ1n) is 9.04. The van der Waals surface area contributed by atoms with E-state index in [0.717, 1.165) is 54.4 Å². The second kappa shape index (κ2) is 8.02. The van der Waals surface area contributed by atoms with Crippen LogP contribution < -0.4 is 0 Å². The Kier molecular flexibility index (Phi) is 5.91. The summed E-state index contributed by atoms with van der Waals surface area (Å²) in [6.07, 6.45) is 6.67. The van der Waals surface area contributed by atoms with E-state index in [1.807, 2.05) is 25.1 Å². The number of carbonyl (C=O) groups excluding carboxylic acids is 2. The SMILES string of the molecule is Cc1ccc(CC(=O)Cc2ncc(S(C)(=O)=O)s2)c(C(=O)C2CCCC2)c1. The average molecular weight is 406 g/mol. The Morgan fingerprint density at radius 1 is 1.19 bits per heavy atom. The number of ketones is 2. The summed E-state index contributed by atoms with van der Waals surface area (Å²) in [6.45, 7) is 1.94. The summed E-state index contributed by atoms with van der Waals surface area (Å²) >= 11 is 1.03. The number of thiazole rings is 1. The van der Waals surface area contributed by atoms with Gasteiger partial charge in [0.2, 0.25) is 0 Å². The number of hydrogen-bond acceptors (Lipinski definition) is 6. The van der Waals surface area contributed by atoms with E-state index in [4.69, 9.17) is 0 Å². The largest absolute Gasteiger partial charge is 0.299 e. The molecule has 0 radical (unpaired) electrons. The van der Waals surface area contributed by atoms with Crippen LogP contribution in [0.2, 0.25) is 0 Å². The summed E-state index contributed by atoms with van der Waals surface area (Å²) in [7, 11) is -3.31. The van der Waals surface area contributed by atoms with Gasteiger partial charge in [-0.15, -0.1) is 11.3 Å². The number of carbonyl (C=O) groups is 2. The van der Waals surface area contributed by atoms with Gasteiger partial charge in [0.15, 0.2) is 15.6 Å². The zero-order valence-corrected chi connectivity index (χ0v) is 17.2. The molecule has 0 saturated heterocycles. The summed E-state index contributed by atoms with van der Waals surface area (Å²) in [6, 6.07) is 5.66. The molecular formula is C20H23NO4S2. The molecule has 0 unspecified atom stereocenters. The number of rotatable bonds is 7. The maximum Gasteiger partial charge on any atom is 0.186 e. The summed E-state index contributed by atoms with van der Waals surface area (Å²) in [5.41, 5.74) is 2.42. The minimum absolute atomic E-state index is 0.0666. The van der Waals surface area contributed by atoms with Crippen molar-refractivity contribution in [2.24, 2.45) is 5.92 Å². The normalized spacial score (nSPS) is 15.2. The van der Waals surface area contributed by atoms with Crippen molar-refractivity contribution in [3.05, 3.63) is 46.1 Å². The highest BCUT2D eigenvalue weighted by Crippen LogP contribution is 2.30. The van der Waals surface area contributed by atoms with Crippen LogP contribution >= 0.6 is 11.3 Å². The summed E-state index contributed by atoms with van der Waals surface area (Å²) < 4.78 is 23.3. The first-order valence-corrected chi connectivity index (χ1v) is 11.7. The smallest absolute Gasteiger partial charge is 0.186 e. The molecule has 144 valence electrons. The Balaban J connectivity index is 1.75. The molecular weight excluding hydrogens is 382 g/mol. The highest BCUT2D eigenvalue weighted by atomic mass is 32.2. The lowest BCUT2D eigenvalue weighted by atomic mass is 9.90. The van der Waals surface area contributed by atoms with Gasteiger partial charge in [0, 0.05) is 24.2 Å². The number of sulfone groups is 1. The minimum Gasteiger partial charge on any atom is -0.299 e. The number of nitrogens with zero attached hydrogens (tertiary/aromatic N) is 1. The molecule has 5 nitrogen and oxygen atoms in total. The lowest BCUT2D eigenvalue weighted by Crippen LogP contribution is -2.16. The Morgan fingerprint density at radius 2 is 1.89 bits per heavy atom. The molecule has 0 atom stereocenters. The van der Waals surface area contributed by atoms with Gasteiger partial charge in [-0.05, 0) is 31.4 Å². The zero-order valence-electron chi connectivity index (χ0n) is 15.5. The van der Waals surface area contributed by atoms with Crippen LogP contribution in [0.5, 0.6) is 0 Å². The van der Waals surface area contributed by atoms with Gasteiger partial charge in [0.25, 0.3) is 0 Å². The Hall–Kier alpha value is -1.86. The average Bonchev–Trinajstić information content (AvgIpc) is 3.27. The van der Waals surface area contributed by atoms with Gasteiger partial charge < -0.3 is 0 Å². The molecule has 1 saturated carbocycles. The van der Waals surface area contributed by atoms with Gasteiger partial charge in [0.05, 0.1) is 12.6 Å². The van der Waals surface area contributed by atoms with Gasteiger partial charge >= 0.3 is 0 Å². The minimum atomic E-state index is -3.31. The van der Waals surface area contributed by atoms with E-state index in [1.54, 1.807) is 0 Å². The van der Waals surface area contributed by atoms with E-state index in [-0.39, 0.29) is 34.5 Å². The third-order valence-corrected chi connectivity index (χ3v) is 7.68. The molecule has 2 aromatic rings. The van der Waals surface area contributed by atoms with Crippen LogP contribution in [0.25, 0.3) is 0 Å². The van der Waals surface area contributed by atoms with Crippen molar-refractivity contribution < 1.29 is 18.0 Å². The van der Waals surface area contributed by atoms with E-state index in [1.165, 1.54) is 6.20 Å². The van der Waals surface area contributed by atoms with Crippen LogP contribution in [0.1, 0.15) is 52.2 Å².